The molecule has 0 spiro atoms. The molecule has 0 atom stereocenters. The van der Waals surface area contributed by atoms with Crippen LogP contribution in [-0.2, 0) is 16.4 Å². The molecule has 118 valence electrons. The lowest BCUT2D eigenvalue weighted by Crippen LogP contribution is -2.37. The van der Waals surface area contributed by atoms with Crippen LogP contribution in [0.2, 0.25) is 0 Å². The Labute approximate surface area is 127 Å². The molecule has 0 aliphatic rings. The fourth-order valence-electron chi connectivity index (χ4n) is 2.25. The van der Waals surface area contributed by atoms with Crippen molar-refractivity contribution in [1.29, 1.82) is 0 Å². The molecule has 0 aromatic heterocycles. The number of aryl methyl sites for hydroxylation is 1. The Morgan fingerprint density at radius 3 is 2.33 bits per heavy atom. The second-order valence-electron chi connectivity index (χ2n) is 5.31. The number of benzene rings is 1. The molecular formula is C15H24N2O3S. The van der Waals surface area contributed by atoms with Crippen LogP contribution in [0.25, 0.3) is 0 Å². The SMILES string of the molecule is CCCN(C(=O)c1ccc(CC)c(S(N)(=O)=O)c1)C(C)C. The van der Waals surface area contributed by atoms with Gasteiger partial charge in [-0.25, -0.2) is 13.6 Å². The van der Waals surface area contributed by atoms with E-state index in [0.717, 1.165) is 6.42 Å². The van der Waals surface area contributed by atoms with Gasteiger partial charge in [0, 0.05) is 18.2 Å². The first-order valence-corrected chi connectivity index (χ1v) is 8.73. The fraction of sp³-hybridized carbons (Fsp3) is 0.533. The molecule has 6 heteroatoms. The number of sulfonamides is 1. The Hall–Kier alpha value is -1.40. The molecule has 0 fully saturated rings. The van der Waals surface area contributed by atoms with E-state index in [4.69, 9.17) is 5.14 Å². The minimum atomic E-state index is -3.83. The highest BCUT2D eigenvalue weighted by Crippen LogP contribution is 2.19. The van der Waals surface area contributed by atoms with Crippen molar-refractivity contribution in [2.45, 2.75) is 51.5 Å². The second-order valence-corrected chi connectivity index (χ2v) is 6.84. The van der Waals surface area contributed by atoms with E-state index in [1.165, 1.54) is 6.07 Å². The molecule has 1 aromatic rings. The summed E-state index contributed by atoms with van der Waals surface area (Å²) in [5.41, 5.74) is 0.985. The predicted octanol–water partition coefficient (Wildman–Crippen LogP) is 2.16. The van der Waals surface area contributed by atoms with E-state index in [-0.39, 0.29) is 16.8 Å². The summed E-state index contributed by atoms with van der Waals surface area (Å²) < 4.78 is 23.3. The van der Waals surface area contributed by atoms with Crippen LogP contribution in [-0.4, -0.2) is 31.8 Å². The number of hydrogen-bond acceptors (Lipinski definition) is 3. The molecule has 0 unspecified atom stereocenters. The maximum absolute atomic E-state index is 12.5. The van der Waals surface area contributed by atoms with Gasteiger partial charge in [0.05, 0.1) is 4.90 Å². The van der Waals surface area contributed by atoms with Crippen molar-refractivity contribution in [1.82, 2.24) is 4.90 Å². The highest BCUT2D eigenvalue weighted by Gasteiger charge is 2.21. The number of hydrogen-bond donors (Lipinski definition) is 1. The van der Waals surface area contributed by atoms with Crippen LogP contribution in [0.5, 0.6) is 0 Å². The monoisotopic (exact) mass is 312 g/mol. The van der Waals surface area contributed by atoms with Crippen LogP contribution in [0.15, 0.2) is 23.1 Å². The molecule has 0 radical (unpaired) electrons. The number of nitrogens with zero attached hydrogens (tertiary/aromatic N) is 1. The third-order valence-corrected chi connectivity index (χ3v) is 4.34. The topological polar surface area (TPSA) is 80.5 Å². The van der Waals surface area contributed by atoms with Crippen molar-refractivity contribution < 1.29 is 13.2 Å². The van der Waals surface area contributed by atoms with Crippen LogP contribution >= 0.6 is 0 Å². The minimum Gasteiger partial charge on any atom is -0.336 e. The summed E-state index contributed by atoms with van der Waals surface area (Å²) in [7, 11) is -3.83. The molecule has 0 bridgehead atoms. The standard InChI is InChI=1S/C15H24N2O3S/c1-5-9-17(11(3)4)15(18)13-8-7-12(6-2)14(10-13)21(16,19)20/h7-8,10-11H,5-6,9H2,1-4H3,(H2,16,19,20). The maximum Gasteiger partial charge on any atom is 0.254 e. The van der Waals surface area contributed by atoms with Crippen molar-refractivity contribution in [2.75, 3.05) is 6.54 Å². The van der Waals surface area contributed by atoms with Crippen LogP contribution in [0, 0.1) is 0 Å². The van der Waals surface area contributed by atoms with E-state index < -0.39 is 10.0 Å². The third-order valence-electron chi connectivity index (χ3n) is 3.35. The van der Waals surface area contributed by atoms with Gasteiger partial charge in [0.1, 0.15) is 0 Å². The van der Waals surface area contributed by atoms with E-state index in [2.05, 4.69) is 0 Å². The Morgan fingerprint density at radius 2 is 1.90 bits per heavy atom. The molecule has 0 aliphatic carbocycles. The lowest BCUT2D eigenvalue weighted by molar-refractivity contribution is 0.0705. The summed E-state index contributed by atoms with van der Waals surface area (Å²) >= 11 is 0. The zero-order chi connectivity index (χ0) is 16.2. The Kier molecular flexibility index (Phi) is 5.92. The fourth-order valence-corrected chi connectivity index (χ4v) is 3.11. The van der Waals surface area contributed by atoms with Crippen LogP contribution < -0.4 is 5.14 Å². The van der Waals surface area contributed by atoms with E-state index >= 15 is 0 Å². The molecule has 0 heterocycles. The molecule has 0 aliphatic heterocycles. The van der Waals surface area contributed by atoms with Crippen molar-refractivity contribution in [3.8, 4) is 0 Å². The van der Waals surface area contributed by atoms with E-state index in [9.17, 15) is 13.2 Å². The molecule has 0 saturated carbocycles. The minimum absolute atomic E-state index is 0.0380. The quantitative estimate of drug-likeness (QED) is 0.874. The average Bonchev–Trinajstić information content (AvgIpc) is 2.42. The molecule has 0 saturated heterocycles. The Morgan fingerprint density at radius 1 is 1.29 bits per heavy atom. The first-order valence-electron chi connectivity index (χ1n) is 7.19. The van der Waals surface area contributed by atoms with Gasteiger partial charge in [0.25, 0.3) is 5.91 Å². The van der Waals surface area contributed by atoms with Crippen molar-refractivity contribution >= 4 is 15.9 Å². The number of carbonyl (C=O) groups is 1. The summed E-state index contributed by atoms with van der Waals surface area (Å²) in [6.07, 6.45) is 1.39. The molecular weight excluding hydrogens is 288 g/mol. The van der Waals surface area contributed by atoms with E-state index in [0.29, 0.717) is 24.1 Å². The van der Waals surface area contributed by atoms with Gasteiger partial charge in [-0.2, -0.15) is 0 Å². The van der Waals surface area contributed by atoms with Crippen LogP contribution in [0.1, 0.15) is 50.0 Å². The highest BCUT2D eigenvalue weighted by molar-refractivity contribution is 7.89. The molecule has 1 amide bonds. The highest BCUT2D eigenvalue weighted by atomic mass is 32.2. The number of nitrogens with two attached hydrogens (primary N) is 1. The zero-order valence-corrected chi connectivity index (χ0v) is 13.9. The zero-order valence-electron chi connectivity index (χ0n) is 13.1. The first kappa shape index (κ1) is 17.7. The van der Waals surface area contributed by atoms with Gasteiger partial charge in [0.15, 0.2) is 0 Å². The second kappa shape index (κ2) is 7.04. The number of amides is 1. The molecule has 5 nitrogen and oxygen atoms in total. The van der Waals surface area contributed by atoms with Gasteiger partial charge in [0.2, 0.25) is 10.0 Å². The molecule has 21 heavy (non-hydrogen) atoms. The lowest BCUT2D eigenvalue weighted by Gasteiger charge is -2.26. The third kappa shape index (κ3) is 4.28. The summed E-state index contributed by atoms with van der Waals surface area (Å²) in [5, 5.41) is 5.24. The first-order chi connectivity index (χ1) is 9.72. The summed E-state index contributed by atoms with van der Waals surface area (Å²) in [6, 6.07) is 4.78. The van der Waals surface area contributed by atoms with Crippen molar-refractivity contribution in [2.24, 2.45) is 5.14 Å². The van der Waals surface area contributed by atoms with Gasteiger partial charge in [-0.05, 0) is 44.4 Å². The summed E-state index contributed by atoms with van der Waals surface area (Å²) in [5.74, 6) is -0.167. The maximum atomic E-state index is 12.5. The average molecular weight is 312 g/mol. The van der Waals surface area contributed by atoms with Gasteiger partial charge < -0.3 is 4.90 Å². The van der Waals surface area contributed by atoms with E-state index in [1.54, 1.807) is 17.0 Å². The van der Waals surface area contributed by atoms with Gasteiger partial charge >= 0.3 is 0 Å². The van der Waals surface area contributed by atoms with Gasteiger partial charge in [-0.15, -0.1) is 0 Å². The van der Waals surface area contributed by atoms with Gasteiger partial charge in [-0.1, -0.05) is 19.9 Å². The van der Waals surface area contributed by atoms with Crippen molar-refractivity contribution in [3.63, 3.8) is 0 Å². The summed E-state index contributed by atoms with van der Waals surface area (Å²) in [4.78, 5) is 14.3. The molecule has 1 rings (SSSR count). The smallest absolute Gasteiger partial charge is 0.254 e. The lowest BCUT2D eigenvalue weighted by atomic mass is 10.1. The number of rotatable bonds is 6. The van der Waals surface area contributed by atoms with Gasteiger partial charge in [-0.3, -0.25) is 4.79 Å². The summed E-state index contributed by atoms with van der Waals surface area (Å²) in [6.45, 7) is 8.36. The Balaban J connectivity index is 3.29. The largest absolute Gasteiger partial charge is 0.336 e. The Bertz CT molecular complexity index is 609. The van der Waals surface area contributed by atoms with Crippen molar-refractivity contribution in [3.05, 3.63) is 29.3 Å². The number of primary sulfonamides is 1. The normalized spacial score (nSPS) is 11.7. The van der Waals surface area contributed by atoms with E-state index in [1.807, 2.05) is 27.7 Å². The predicted molar refractivity (Wildman–Crippen MR) is 83.7 cm³/mol. The van der Waals surface area contributed by atoms with Crippen LogP contribution in [0.3, 0.4) is 0 Å². The molecule has 2 N–H and O–H groups in total. The number of carbonyl (C=O) groups excluding carboxylic acids is 1. The molecule has 1 aromatic carbocycles. The van der Waals surface area contributed by atoms with Crippen LogP contribution in [0.4, 0.5) is 0 Å².